The molecule has 1 aromatic carbocycles. The molecule has 0 saturated carbocycles. The molecule has 0 heterocycles. The van der Waals surface area contributed by atoms with Crippen LogP contribution < -0.4 is 0 Å². The predicted octanol–water partition coefficient (Wildman–Crippen LogP) is 1.95. The molecule has 0 saturated heterocycles. The van der Waals surface area contributed by atoms with Crippen LogP contribution in [-0.2, 0) is 36.4 Å². The van der Waals surface area contributed by atoms with Crippen LogP contribution in [0, 0.1) is 0 Å². The zero-order chi connectivity index (χ0) is 10.4. The van der Waals surface area contributed by atoms with Crippen molar-refractivity contribution in [2.45, 2.75) is 8.83 Å². The van der Waals surface area contributed by atoms with E-state index in [-0.39, 0.29) is 11.7 Å². The Kier molecular flexibility index (Phi) is 5.97. The summed E-state index contributed by atoms with van der Waals surface area (Å²) in [5, 5.41) is 0. The number of thiol groups is 2. The number of hydrogen-bond donors (Lipinski definition) is 2. The van der Waals surface area contributed by atoms with Crippen LogP contribution in [0.3, 0.4) is 0 Å². The Balaban J connectivity index is 2.39. The van der Waals surface area contributed by atoms with E-state index in [1.807, 2.05) is 24.3 Å². The van der Waals surface area contributed by atoms with Crippen molar-refractivity contribution in [1.29, 1.82) is 0 Å². The van der Waals surface area contributed by atoms with Crippen molar-refractivity contribution in [2.75, 3.05) is 5.75 Å². The fourth-order valence-corrected chi connectivity index (χ4v) is 7.12. The minimum absolute atomic E-state index is 0.183. The van der Waals surface area contributed by atoms with Crippen molar-refractivity contribution in [1.82, 2.24) is 0 Å². The van der Waals surface area contributed by atoms with Crippen molar-refractivity contribution in [3.05, 3.63) is 29.8 Å². The van der Waals surface area contributed by atoms with Gasteiger partial charge in [0.05, 0.1) is 0 Å². The van der Waals surface area contributed by atoms with E-state index in [2.05, 4.69) is 25.3 Å². The molecule has 0 spiro atoms. The van der Waals surface area contributed by atoms with Gasteiger partial charge in [-0.1, -0.05) is 0 Å². The fraction of sp³-hybridized carbons (Fsp3) is 0.222. The SMILES string of the molecule is O=C(CS)[O][Hg][CH2]c1ccccc1S. The van der Waals surface area contributed by atoms with Gasteiger partial charge in [0.1, 0.15) is 0 Å². The van der Waals surface area contributed by atoms with Gasteiger partial charge in [0.25, 0.3) is 0 Å². The second kappa shape index (κ2) is 6.74. The average Bonchev–Trinajstić information content (AvgIpc) is 2.20. The van der Waals surface area contributed by atoms with E-state index in [1.165, 1.54) is 5.56 Å². The summed E-state index contributed by atoms with van der Waals surface area (Å²) in [5.74, 6) is -0.00523. The molecule has 0 fully saturated rings. The molecular formula is C9H10HgO2S2. The van der Waals surface area contributed by atoms with E-state index in [9.17, 15) is 4.79 Å². The zero-order valence-electron chi connectivity index (χ0n) is 7.64. The summed E-state index contributed by atoms with van der Waals surface area (Å²) < 4.78 is 6.04. The molecule has 0 amide bonds. The molecular weight excluding hydrogens is 405 g/mol. The second-order valence-electron chi connectivity index (χ2n) is 2.76. The predicted molar refractivity (Wildman–Crippen MR) is 57.3 cm³/mol. The fourth-order valence-electron chi connectivity index (χ4n) is 1.04. The van der Waals surface area contributed by atoms with Crippen LogP contribution in [0.1, 0.15) is 5.56 Å². The van der Waals surface area contributed by atoms with Gasteiger partial charge in [0.2, 0.25) is 0 Å². The third-order valence-corrected chi connectivity index (χ3v) is 7.38. The Bertz CT molecular complexity index is 317. The van der Waals surface area contributed by atoms with Gasteiger partial charge in [-0.3, -0.25) is 0 Å². The Morgan fingerprint density at radius 3 is 2.79 bits per heavy atom. The van der Waals surface area contributed by atoms with Crippen molar-refractivity contribution in [3.8, 4) is 0 Å². The summed E-state index contributed by atoms with van der Waals surface area (Å²) in [5.41, 5.74) is 1.18. The van der Waals surface area contributed by atoms with Crippen molar-refractivity contribution in [2.24, 2.45) is 0 Å². The number of carbonyl (C=O) groups excluding carboxylic acids is 1. The third kappa shape index (κ3) is 4.23. The monoisotopic (exact) mass is 416 g/mol. The van der Waals surface area contributed by atoms with Crippen LogP contribution in [0.5, 0.6) is 0 Å². The first kappa shape index (κ1) is 12.4. The molecule has 2 nitrogen and oxygen atoms in total. The zero-order valence-corrected chi connectivity index (χ0v) is 14.9. The maximum atomic E-state index is 10.8. The third-order valence-electron chi connectivity index (χ3n) is 1.76. The van der Waals surface area contributed by atoms with Crippen LogP contribution in [0.4, 0.5) is 0 Å². The Morgan fingerprint density at radius 2 is 2.14 bits per heavy atom. The van der Waals surface area contributed by atoms with E-state index in [0.29, 0.717) is 0 Å². The van der Waals surface area contributed by atoms with Crippen LogP contribution >= 0.6 is 25.3 Å². The summed E-state index contributed by atoms with van der Waals surface area (Å²) in [4.78, 5) is 11.8. The van der Waals surface area contributed by atoms with Gasteiger partial charge in [0, 0.05) is 0 Å². The van der Waals surface area contributed by atoms with Gasteiger partial charge < -0.3 is 0 Å². The standard InChI is InChI=1S/C7H7S.C2H4O2S.Hg/c1-6-4-2-3-5-7(6)8;3-2(4)1-5;/h2-5,8H,1H2;5H,1H2,(H,3,4);/q;;+1/p-1. The van der Waals surface area contributed by atoms with Crippen LogP contribution in [0.25, 0.3) is 0 Å². The minimum atomic E-state index is -1.53. The summed E-state index contributed by atoms with van der Waals surface area (Å²) in [6.07, 6.45) is 0. The van der Waals surface area contributed by atoms with Gasteiger partial charge in [-0.15, -0.1) is 0 Å². The van der Waals surface area contributed by atoms with Crippen molar-refractivity contribution >= 4 is 31.2 Å². The molecule has 0 aromatic heterocycles. The molecule has 0 bridgehead atoms. The van der Waals surface area contributed by atoms with E-state index >= 15 is 0 Å². The molecule has 72 valence electrons. The molecule has 0 radical (unpaired) electrons. The van der Waals surface area contributed by atoms with Crippen LogP contribution in [0.2, 0.25) is 0 Å². The van der Waals surface area contributed by atoms with E-state index < -0.39 is 25.0 Å². The van der Waals surface area contributed by atoms with Crippen molar-refractivity contribution in [3.63, 3.8) is 0 Å². The molecule has 0 unspecified atom stereocenters. The topological polar surface area (TPSA) is 26.3 Å². The number of rotatable bonds is 4. The first-order valence-corrected chi connectivity index (χ1v) is 11.5. The van der Waals surface area contributed by atoms with Crippen LogP contribution in [-0.4, -0.2) is 11.7 Å². The molecule has 14 heavy (non-hydrogen) atoms. The molecule has 0 aliphatic heterocycles. The molecule has 0 aliphatic carbocycles. The second-order valence-corrected chi connectivity index (χ2v) is 8.21. The Morgan fingerprint density at radius 1 is 1.43 bits per heavy atom. The quantitative estimate of drug-likeness (QED) is 0.582. The van der Waals surface area contributed by atoms with E-state index in [4.69, 9.17) is 2.64 Å². The summed E-state index contributed by atoms with van der Waals surface area (Å²) in [6, 6.07) is 7.90. The van der Waals surface area contributed by atoms with E-state index in [0.717, 1.165) is 8.83 Å². The first-order valence-electron chi connectivity index (χ1n) is 4.27. The summed E-state index contributed by atoms with van der Waals surface area (Å²) in [6.45, 7) is 0. The van der Waals surface area contributed by atoms with E-state index in [1.54, 1.807) is 0 Å². The summed E-state index contributed by atoms with van der Waals surface area (Å²) in [7, 11) is 0. The van der Waals surface area contributed by atoms with Gasteiger partial charge in [-0.25, -0.2) is 0 Å². The number of benzene rings is 1. The average molecular weight is 415 g/mol. The first-order chi connectivity index (χ1) is 6.74. The van der Waals surface area contributed by atoms with Gasteiger partial charge in [-0.05, 0) is 0 Å². The molecule has 0 aliphatic rings. The van der Waals surface area contributed by atoms with Gasteiger partial charge >= 0.3 is 108 Å². The van der Waals surface area contributed by atoms with Gasteiger partial charge in [0.15, 0.2) is 0 Å². The molecule has 0 N–H and O–H groups in total. The van der Waals surface area contributed by atoms with Crippen molar-refractivity contribution < 1.29 is 32.5 Å². The van der Waals surface area contributed by atoms with Gasteiger partial charge in [-0.2, -0.15) is 0 Å². The molecule has 5 heteroatoms. The Hall–Kier alpha value is 0.325. The number of carbonyl (C=O) groups is 1. The normalized spacial score (nSPS) is 9.29. The molecule has 1 rings (SSSR count). The molecule has 1 aromatic rings. The summed E-state index contributed by atoms with van der Waals surface area (Å²) >= 11 is 6.63. The number of hydrogen-bond acceptors (Lipinski definition) is 4. The maximum absolute atomic E-state index is 10.8. The molecule has 0 atom stereocenters. The van der Waals surface area contributed by atoms with Crippen LogP contribution in [0.15, 0.2) is 29.2 Å². The Labute approximate surface area is 107 Å².